The van der Waals surface area contributed by atoms with Crippen LogP contribution in [0.5, 0.6) is 0 Å². The van der Waals surface area contributed by atoms with Crippen molar-refractivity contribution in [3.05, 3.63) is 35.9 Å². The molecule has 116 valence electrons. The van der Waals surface area contributed by atoms with Crippen LogP contribution in [0.25, 0.3) is 0 Å². The van der Waals surface area contributed by atoms with Crippen LogP contribution in [0, 0.1) is 0 Å². The fourth-order valence-corrected chi connectivity index (χ4v) is 1.25. The van der Waals surface area contributed by atoms with E-state index in [1.54, 1.807) is 0 Å². The van der Waals surface area contributed by atoms with Gasteiger partial charge >= 0.3 is 5.97 Å². The summed E-state index contributed by atoms with van der Waals surface area (Å²) in [5, 5.41) is 2.41. The van der Waals surface area contributed by atoms with Crippen molar-refractivity contribution < 1.29 is 19.1 Å². The molecule has 1 aromatic carbocycles. The smallest absolute Gasteiger partial charge is 0.307 e. The topological polar surface area (TPSA) is 90.7 Å². The Morgan fingerprint density at radius 1 is 1.33 bits per heavy atom. The number of nitrogens with one attached hydrogen (secondary N) is 1. The first-order chi connectivity index (χ1) is 9.95. The lowest BCUT2D eigenvalue weighted by Crippen LogP contribution is -2.25. The lowest BCUT2D eigenvalue weighted by atomic mass is 10.2. The molecule has 0 spiro atoms. The second kappa shape index (κ2) is 12.0. The minimum absolute atomic E-state index is 0.260. The first-order valence-electron chi connectivity index (χ1n) is 5.95. The lowest BCUT2D eigenvalue weighted by molar-refractivity contribution is -0.144. The second-order valence-electron chi connectivity index (χ2n) is 3.65. The highest BCUT2D eigenvalue weighted by Crippen LogP contribution is 2.01. The maximum absolute atomic E-state index is 11.3. The van der Waals surface area contributed by atoms with Crippen molar-refractivity contribution in [3.8, 4) is 0 Å². The largest absolute Gasteiger partial charge is 0.474 e. The molecule has 0 saturated carbocycles. The number of primary amides is 1. The van der Waals surface area contributed by atoms with Gasteiger partial charge in [-0.15, -0.1) is 0 Å². The minimum atomic E-state index is -0.639. The molecule has 1 rings (SSSR count). The lowest BCUT2D eigenvalue weighted by Gasteiger charge is -2.06. The predicted molar refractivity (Wildman–Crippen MR) is 87.0 cm³/mol. The van der Waals surface area contributed by atoms with E-state index in [0.29, 0.717) is 13.2 Å². The van der Waals surface area contributed by atoms with Crippen molar-refractivity contribution in [3.63, 3.8) is 0 Å². The van der Waals surface area contributed by atoms with Crippen LogP contribution in [0.2, 0.25) is 0 Å². The first-order valence-corrected chi connectivity index (χ1v) is 6.81. The number of esters is 1. The van der Waals surface area contributed by atoms with Gasteiger partial charge in [0.25, 0.3) is 10.4 Å². The molecule has 0 aliphatic rings. The fraction of sp³-hybridized carbons (Fsp3) is 0.308. The van der Waals surface area contributed by atoms with E-state index in [2.05, 4.69) is 23.7 Å². The van der Waals surface area contributed by atoms with Crippen LogP contribution in [0.15, 0.2) is 30.3 Å². The molecule has 0 fully saturated rings. The Morgan fingerprint density at radius 3 is 2.43 bits per heavy atom. The molecule has 0 aliphatic heterocycles. The Bertz CT molecular complexity index is 451. The number of benzene rings is 1. The molecule has 0 unspecified atom stereocenters. The van der Waals surface area contributed by atoms with E-state index < -0.39 is 5.24 Å². The van der Waals surface area contributed by atoms with Crippen molar-refractivity contribution in [1.82, 2.24) is 5.32 Å². The van der Waals surface area contributed by atoms with Crippen LogP contribution in [0.3, 0.4) is 0 Å². The molecule has 0 atom stereocenters. The predicted octanol–water partition coefficient (Wildman–Crippen LogP) is 1.64. The molecular formula is C13H18N2O4S2. The summed E-state index contributed by atoms with van der Waals surface area (Å²) in [4.78, 5) is 20.4. The van der Waals surface area contributed by atoms with Crippen LogP contribution in [-0.4, -0.2) is 30.0 Å². The third-order valence-electron chi connectivity index (χ3n) is 2.03. The molecule has 0 bridgehead atoms. The van der Waals surface area contributed by atoms with Gasteiger partial charge < -0.3 is 20.5 Å². The highest BCUT2D eigenvalue weighted by atomic mass is 32.1. The number of carbonyl (C=O) groups excluding carboxylic acids is 2. The Kier molecular flexibility index (Phi) is 11.0. The summed E-state index contributed by atoms with van der Waals surface area (Å²) in [5.74, 6) is -0.264. The maximum Gasteiger partial charge on any atom is 0.307 e. The van der Waals surface area contributed by atoms with Gasteiger partial charge in [0, 0.05) is 6.54 Å². The number of thiol groups is 1. The molecule has 0 aliphatic carbocycles. The van der Waals surface area contributed by atoms with Crippen LogP contribution in [-0.2, 0) is 20.9 Å². The van der Waals surface area contributed by atoms with Crippen LogP contribution >= 0.6 is 24.8 Å². The number of rotatable bonds is 5. The van der Waals surface area contributed by atoms with Gasteiger partial charge in [-0.25, -0.2) is 0 Å². The summed E-state index contributed by atoms with van der Waals surface area (Å²) in [6.07, 6.45) is 0.260. The van der Waals surface area contributed by atoms with E-state index in [4.69, 9.17) is 26.5 Å². The third kappa shape index (κ3) is 13.0. The van der Waals surface area contributed by atoms with Crippen molar-refractivity contribution in [2.75, 3.05) is 13.7 Å². The Balaban J connectivity index is 0.000000885. The molecule has 0 radical (unpaired) electrons. The summed E-state index contributed by atoms with van der Waals surface area (Å²) in [6, 6.07) is 9.54. The number of nitrogens with two attached hydrogens (primary N) is 1. The summed E-state index contributed by atoms with van der Waals surface area (Å²) in [6.45, 7) is 0.717. The summed E-state index contributed by atoms with van der Waals surface area (Å²) in [7, 11) is 1.48. The van der Waals surface area contributed by atoms with Gasteiger partial charge in [-0.05, 0) is 17.8 Å². The van der Waals surface area contributed by atoms with Gasteiger partial charge in [-0.3, -0.25) is 9.59 Å². The van der Waals surface area contributed by atoms with Crippen molar-refractivity contribution in [2.45, 2.75) is 13.0 Å². The van der Waals surface area contributed by atoms with Crippen molar-refractivity contribution in [1.29, 1.82) is 0 Å². The monoisotopic (exact) mass is 330 g/mol. The van der Waals surface area contributed by atoms with Gasteiger partial charge in [0.15, 0.2) is 0 Å². The zero-order valence-corrected chi connectivity index (χ0v) is 13.3. The Labute approximate surface area is 134 Å². The average Bonchev–Trinajstić information content (AvgIpc) is 2.45. The number of carbonyl (C=O) groups is 2. The normalized spacial score (nSPS) is 8.86. The average molecular weight is 330 g/mol. The number of methoxy groups -OCH3 is 1. The Morgan fingerprint density at radius 2 is 1.90 bits per heavy atom. The van der Waals surface area contributed by atoms with E-state index >= 15 is 0 Å². The van der Waals surface area contributed by atoms with Gasteiger partial charge in [0.1, 0.15) is 6.61 Å². The maximum atomic E-state index is 11.3. The van der Waals surface area contributed by atoms with Gasteiger partial charge in [-0.1, -0.05) is 43.0 Å². The highest BCUT2D eigenvalue weighted by Gasteiger charge is 2.03. The van der Waals surface area contributed by atoms with Crippen LogP contribution in [0.4, 0.5) is 4.79 Å². The molecule has 6 nitrogen and oxygen atoms in total. The first kappa shape index (κ1) is 19.2. The summed E-state index contributed by atoms with van der Waals surface area (Å²) >= 11 is 7.87. The SMILES string of the molecule is COC(=S)NCCC(=O)OCc1ccccc1.NC(=O)S. The summed E-state index contributed by atoms with van der Waals surface area (Å²) in [5.41, 5.74) is 5.31. The van der Waals surface area contributed by atoms with E-state index in [9.17, 15) is 4.79 Å². The van der Waals surface area contributed by atoms with Gasteiger partial charge in [0.2, 0.25) is 0 Å². The van der Waals surface area contributed by atoms with Crippen LogP contribution < -0.4 is 11.1 Å². The van der Waals surface area contributed by atoms with E-state index in [0.717, 1.165) is 5.56 Å². The molecule has 8 heteroatoms. The van der Waals surface area contributed by atoms with E-state index in [1.165, 1.54) is 7.11 Å². The quantitative estimate of drug-likeness (QED) is 0.432. The molecule has 3 N–H and O–H groups in total. The fourth-order valence-electron chi connectivity index (χ4n) is 1.15. The number of amides is 1. The number of thiocarbonyl (C=S) groups is 1. The van der Waals surface area contributed by atoms with Gasteiger partial charge in [0.05, 0.1) is 13.5 Å². The Hall–Kier alpha value is -1.80. The summed E-state index contributed by atoms with van der Waals surface area (Å²) < 4.78 is 9.81. The molecular weight excluding hydrogens is 312 g/mol. The molecule has 0 aromatic heterocycles. The zero-order valence-electron chi connectivity index (χ0n) is 11.6. The number of hydrogen-bond donors (Lipinski definition) is 3. The second-order valence-corrected chi connectivity index (χ2v) is 4.46. The zero-order chi connectivity index (χ0) is 16.1. The number of ether oxygens (including phenoxy) is 2. The van der Waals surface area contributed by atoms with E-state index in [-0.39, 0.29) is 17.6 Å². The molecule has 1 aromatic rings. The van der Waals surface area contributed by atoms with Crippen molar-refractivity contribution in [2.24, 2.45) is 5.73 Å². The molecule has 1 amide bonds. The molecule has 21 heavy (non-hydrogen) atoms. The molecule has 0 heterocycles. The van der Waals surface area contributed by atoms with Crippen molar-refractivity contribution >= 4 is 41.2 Å². The minimum Gasteiger partial charge on any atom is -0.474 e. The third-order valence-corrected chi connectivity index (χ3v) is 2.34. The van der Waals surface area contributed by atoms with Gasteiger partial charge in [-0.2, -0.15) is 0 Å². The number of hydrogen-bond acceptors (Lipinski definition) is 5. The van der Waals surface area contributed by atoms with E-state index in [1.807, 2.05) is 30.3 Å². The molecule has 0 saturated heterocycles. The standard InChI is InChI=1S/C12H15NO3S.CH3NOS/c1-15-12(17)13-8-7-11(14)16-9-10-5-3-2-4-6-10;2-1(3)4/h2-6H,7-9H2,1H3,(H,13,17);(H3,2,3,4). The highest BCUT2D eigenvalue weighted by molar-refractivity contribution is 7.96. The van der Waals surface area contributed by atoms with Crippen LogP contribution in [0.1, 0.15) is 12.0 Å².